The lowest BCUT2D eigenvalue weighted by Crippen LogP contribution is -2.37. The Morgan fingerprint density at radius 2 is 2.07 bits per heavy atom. The molecule has 0 saturated carbocycles. The van der Waals surface area contributed by atoms with Crippen molar-refractivity contribution in [2.24, 2.45) is 5.73 Å². The van der Waals surface area contributed by atoms with Crippen LogP contribution < -0.4 is 10.5 Å². The van der Waals surface area contributed by atoms with E-state index in [2.05, 4.69) is 0 Å². The number of halogens is 1. The topological polar surface area (TPSA) is 35.2 Å². The Bertz CT molecular complexity index is 323. The van der Waals surface area contributed by atoms with E-state index >= 15 is 0 Å². The van der Waals surface area contributed by atoms with Crippen molar-refractivity contribution < 1.29 is 4.74 Å². The second kappa shape index (κ2) is 4.20. The van der Waals surface area contributed by atoms with Gasteiger partial charge >= 0.3 is 0 Å². The van der Waals surface area contributed by atoms with Gasteiger partial charge in [-0.1, -0.05) is 17.7 Å². The van der Waals surface area contributed by atoms with Gasteiger partial charge in [0.15, 0.2) is 0 Å². The molecule has 0 aliphatic rings. The SMILES string of the molecule is Cc1ccc(OC(C)(C)CN)c(Cl)c1. The second-order valence-corrected chi connectivity index (χ2v) is 4.41. The Balaban J connectivity index is 2.87. The molecular formula is C11H16ClNO. The Kier molecular flexibility index (Phi) is 3.40. The van der Waals surface area contributed by atoms with Crippen LogP contribution in [0.3, 0.4) is 0 Å². The standard InChI is InChI=1S/C11H16ClNO/c1-8-4-5-10(9(12)6-8)14-11(2,3)7-13/h4-6H,7,13H2,1-3H3. The van der Waals surface area contributed by atoms with Gasteiger partial charge in [0, 0.05) is 6.54 Å². The number of aryl methyl sites for hydroxylation is 1. The molecule has 0 aromatic heterocycles. The van der Waals surface area contributed by atoms with Gasteiger partial charge in [-0.15, -0.1) is 0 Å². The van der Waals surface area contributed by atoms with Crippen molar-refractivity contribution in [2.45, 2.75) is 26.4 Å². The molecule has 0 bridgehead atoms. The molecule has 14 heavy (non-hydrogen) atoms. The second-order valence-electron chi connectivity index (χ2n) is 4.00. The molecule has 1 aromatic carbocycles. The van der Waals surface area contributed by atoms with Gasteiger partial charge in [0.1, 0.15) is 11.4 Å². The first-order valence-electron chi connectivity index (χ1n) is 4.60. The summed E-state index contributed by atoms with van der Waals surface area (Å²) >= 11 is 6.03. The average molecular weight is 214 g/mol. The number of hydrogen-bond donors (Lipinski definition) is 1. The largest absolute Gasteiger partial charge is 0.485 e. The Morgan fingerprint density at radius 1 is 1.43 bits per heavy atom. The summed E-state index contributed by atoms with van der Waals surface area (Å²) in [5, 5.41) is 0.631. The van der Waals surface area contributed by atoms with E-state index in [0.717, 1.165) is 5.56 Å². The maximum Gasteiger partial charge on any atom is 0.138 e. The zero-order valence-corrected chi connectivity index (χ0v) is 9.56. The number of rotatable bonds is 3. The van der Waals surface area contributed by atoms with Crippen molar-refractivity contribution in [1.82, 2.24) is 0 Å². The van der Waals surface area contributed by atoms with E-state index in [1.807, 2.05) is 39.0 Å². The minimum atomic E-state index is -0.376. The van der Waals surface area contributed by atoms with Gasteiger partial charge in [-0.05, 0) is 38.5 Å². The molecule has 0 heterocycles. The monoisotopic (exact) mass is 213 g/mol. The van der Waals surface area contributed by atoms with Crippen molar-refractivity contribution in [2.75, 3.05) is 6.54 Å². The molecule has 3 heteroatoms. The van der Waals surface area contributed by atoms with Crippen LogP contribution in [-0.4, -0.2) is 12.1 Å². The van der Waals surface area contributed by atoms with Crippen LogP contribution in [0.2, 0.25) is 5.02 Å². The molecule has 0 saturated heterocycles. The summed E-state index contributed by atoms with van der Waals surface area (Å²) in [4.78, 5) is 0. The highest BCUT2D eigenvalue weighted by atomic mass is 35.5. The van der Waals surface area contributed by atoms with Crippen LogP contribution in [0, 0.1) is 6.92 Å². The minimum absolute atomic E-state index is 0.376. The zero-order chi connectivity index (χ0) is 10.8. The van der Waals surface area contributed by atoms with Crippen LogP contribution in [0.15, 0.2) is 18.2 Å². The molecule has 2 N–H and O–H groups in total. The highest BCUT2D eigenvalue weighted by Crippen LogP contribution is 2.28. The summed E-state index contributed by atoms with van der Waals surface area (Å²) < 4.78 is 5.68. The van der Waals surface area contributed by atoms with Crippen LogP contribution in [0.1, 0.15) is 19.4 Å². The third-order valence-corrected chi connectivity index (χ3v) is 2.26. The van der Waals surface area contributed by atoms with Gasteiger partial charge in [0.25, 0.3) is 0 Å². The van der Waals surface area contributed by atoms with E-state index in [1.54, 1.807) is 0 Å². The number of hydrogen-bond acceptors (Lipinski definition) is 2. The molecule has 2 nitrogen and oxygen atoms in total. The van der Waals surface area contributed by atoms with Crippen LogP contribution >= 0.6 is 11.6 Å². The van der Waals surface area contributed by atoms with Gasteiger partial charge in [0.05, 0.1) is 5.02 Å². The van der Waals surface area contributed by atoms with Crippen LogP contribution in [0.4, 0.5) is 0 Å². The van der Waals surface area contributed by atoms with Crippen molar-refractivity contribution in [3.05, 3.63) is 28.8 Å². The smallest absolute Gasteiger partial charge is 0.138 e. The molecule has 0 spiro atoms. The maximum atomic E-state index is 6.03. The summed E-state index contributed by atoms with van der Waals surface area (Å²) in [5.41, 5.74) is 6.31. The van der Waals surface area contributed by atoms with Crippen molar-refractivity contribution in [1.29, 1.82) is 0 Å². The van der Waals surface area contributed by atoms with Crippen molar-refractivity contribution in [3.8, 4) is 5.75 Å². The normalized spacial score (nSPS) is 11.5. The van der Waals surface area contributed by atoms with E-state index in [9.17, 15) is 0 Å². The molecule has 0 aliphatic heterocycles. The van der Waals surface area contributed by atoms with Crippen LogP contribution in [0.5, 0.6) is 5.75 Å². The number of nitrogens with two attached hydrogens (primary N) is 1. The predicted octanol–water partition coefficient (Wildman–Crippen LogP) is 2.76. The lowest BCUT2D eigenvalue weighted by molar-refractivity contribution is 0.119. The molecular weight excluding hydrogens is 198 g/mol. The molecule has 1 rings (SSSR count). The quantitative estimate of drug-likeness (QED) is 0.838. The fourth-order valence-electron chi connectivity index (χ4n) is 1.03. The molecule has 0 aliphatic carbocycles. The summed E-state index contributed by atoms with van der Waals surface area (Å²) in [7, 11) is 0. The van der Waals surface area contributed by atoms with E-state index in [4.69, 9.17) is 22.1 Å². The molecule has 0 amide bonds. The number of ether oxygens (including phenoxy) is 1. The third-order valence-electron chi connectivity index (χ3n) is 1.97. The lowest BCUT2D eigenvalue weighted by Gasteiger charge is -2.25. The fourth-order valence-corrected chi connectivity index (χ4v) is 1.30. The number of benzene rings is 1. The van der Waals surface area contributed by atoms with Gasteiger partial charge in [-0.3, -0.25) is 0 Å². The Morgan fingerprint density at radius 3 is 2.57 bits per heavy atom. The van der Waals surface area contributed by atoms with E-state index in [-0.39, 0.29) is 5.60 Å². The molecule has 0 unspecified atom stereocenters. The van der Waals surface area contributed by atoms with Gasteiger partial charge in [-0.25, -0.2) is 0 Å². The molecule has 0 atom stereocenters. The van der Waals surface area contributed by atoms with Gasteiger partial charge in [0.2, 0.25) is 0 Å². The average Bonchev–Trinajstić information content (AvgIpc) is 2.10. The van der Waals surface area contributed by atoms with E-state index in [1.165, 1.54) is 0 Å². The zero-order valence-electron chi connectivity index (χ0n) is 8.80. The predicted molar refractivity (Wildman–Crippen MR) is 60.0 cm³/mol. The molecule has 78 valence electrons. The molecule has 0 fully saturated rings. The van der Waals surface area contributed by atoms with E-state index < -0.39 is 0 Å². The summed E-state index contributed by atoms with van der Waals surface area (Å²) in [6, 6.07) is 5.71. The molecule has 1 aromatic rings. The van der Waals surface area contributed by atoms with Crippen LogP contribution in [0.25, 0.3) is 0 Å². The fraction of sp³-hybridized carbons (Fsp3) is 0.455. The van der Waals surface area contributed by atoms with Gasteiger partial charge in [-0.2, -0.15) is 0 Å². The van der Waals surface area contributed by atoms with Crippen molar-refractivity contribution in [3.63, 3.8) is 0 Å². The maximum absolute atomic E-state index is 6.03. The van der Waals surface area contributed by atoms with Crippen molar-refractivity contribution >= 4 is 11.6 Å². The van der Waals surface area contributed by atoms with Crippen LogP contribution in [-0.2, 0) is 0 Å². The van der Waals surface area contributed by atoms with Gasteiger partial charge < -0.3 is 10.5 Å². The lowest BCUT2D eigenvalue weighted by atomic mass is 10.1. The highest BCUT2D eigenvalue weighted by molar-refractivity contribution is 6.32. The first-order chi connectivity index (χ1) is 6.44. The summed E-state index contributed by atoms with van der Waals surface area (Å²) in [6.07, 6.45) is 0. The van der Waals surface area contributed by atoms with E-state index in [0.29, 0.717) is 17.3 Å². The highest BCUT2D eigenvalue weighted by Gasteiger charge is 2.18. The molecule has 0 radical (unpaired) electrons. The Labute approximate surface area is 90.0 Å². The first kappa shape index (κ1) is 11.3. The summed E-state index contributed by atoms with van der Waals surface area (Å²) in [6.45, 7) is 6.31. The minimum Gasteiger partial charge on any atom is -0.485 e. The first-order valence-corrected chi connectivity index (χ1v) is 4.98. The Hall–Kier alpha value is -0.730. The summed E-state index contributed by atoms with van der Waals surface area (Å²) in [5.74, 6) is 0.688. The third kappa shape index (κ3) is 2.89.